The molecule has 0 amide bonds. The summed E-state index contributed by atoms with van der Waals surface area (Å²) < 4.78 is 2.14. The fourth-order valence-electron chi connectivity index (χ4n) is 1.96. The molecule has 2 rings (SSSR count). The molecule has 0 aliphatic heterocycles. The highest BCUT2D eigenvalue weighted by Gasteiger charge is 2.01. The van der Waals surface area contributed by atoms with E-state index in [4.69, 9.17) is 0 Å². The van der Waals surface area contributed by atoms with E-state index in [2.05, 4.69) is 44.5 Å². The quantitative estimate of drug-likeness (QED) is 0.607. The molecule has 0 saturated carbocycles. The lowest BCUT2D eigenvalue weighted by atomic mass is 10.4. The molecule has 21 heavy (non-hydrogen) atoms. The fourth-order valence-corrected chi connectivity index (χ4v) is 2.82. The van der Waals surface area contributed by atoms with Crippen LogP contribution in [0.25, 0.3) is 0 Å². The smallest absolute Gasteiger partial charge is 0.191 e. The molecule has 0 fully saturated rings. The molecule has 2 N–H and O–H groups in total. The Balaban J connectivity index is 1.65. The van der Waals surface area contributed by atoms with Crippen LogP contribution in [-0.2, 0) is 19.4 Å². The third-order valence-corrected chi connectivity index (χ3v) is 4.33. The van der Waals surface area contributed by atoms with E-state index in [1.54, 1.807) is 18.4 Å². The maximum Gasteiger partial charge on any atom is 0.191 e. The zero-order valence-corrected chi connectivity index (χ0v) is 13.5. The van der Waals surface area contributed by atoms with Gasteiger partial charge in [0.15, 0.2) is 5.96 Å². The molecule has 0 atom stereocenters. The lowest BCUT2D eigenvalue weighted by Crippen LogP contribution is -2.39. The molecule has 2 aromatic heterocycles. The summed E-state index contributed by atoms with van der Waals surface area (Å²) in [7, 11) is 1.80. The zero-order valence-electron chi connectivity index (χ0n) is 12.7. The minimum Gasteiger partial charge on any atom is -0.356 e. The van der Waals surface area contributed by atoms with Crippen LogP contribution in [0.5, 0.6) is 0 Å². The molecule has 0 unspecified atom stereocenters. The first-order valence-electron chi connectivity index (χ1n) is 7.30. The normalized spacial score (nSPS) is 11.6. The Hall–Kier alpha value is -1.82. The topological polar surface area (TPSA) is 54.2 Å². The zero-order chi connectivity index (χ0) is 14.9. The summed E-state index contributed by atoms with van der Waals surface area (Å²) >= 11 is 1.79. The summed E-state index contributed by atoms with van der Waals surface area (Å²) in [5.41, 5.74) is 0. The summed E-state index contributed by atoms with van der Waals surface area (Å²) in [5.74, 6) is 0.842. The first kappa shape index (κ1) is 15.6. The first-order chi connectivity index (χ1) is 10.3. The van der Waals surface area contributed by atoms with Crippen molar-refractivity contribution < 1.29 is 0 Å². The summed E-state index contributed by atoms with van der Waals surface area (Å²) in [6.07, 6.45) is 8.10. The average Bonchev–Trinajstić information content (AvgIpc) is 3.17. The van der Waals surface area contributed by atoms with Crippen LogP contribution in [0.1, 0.15) is 16.8 Å². The van der Waals surface area contributed by atoms with Crippen molar-refractivity contribution in [2.45, 2.75) is 26.3 Å². The van der Waals surface area contributed by atoms with E-state index in [0.717, 1.165) is 38.4 Å². The minimum absolute atomic E-state index is 0.842. The second-order valence-corrected chi connectivity index (χ2v) is 5.87. The molecule has 0 spiro atoms. The van der Waals surface area contributed by atoms with Crippen LogP contribution in [0.2, 0.25) is 0 Å². The molecule has 114 valence electrons. The van der Waals surface area contributed by atoms with Gasteiger partial charge < -0.3 is 15.2 Å². The van der Waals surface area contributed by atoms with Gasteiger partial charge in [0, 0.05) is 56.6 Å². The van der Waals surface area contributed by atoms with Gasteiger partial charge in [-0.2, -0.15) is 0 Å². The van der Waals surface area contributed by atoms with Crippen molar-refractivity contribution in [3.05, 3.63) is 40.6 Å². The standard InChI is InChI=1S/C15H23N5S/c1-3-13-12-19-14(21-13)6-7-17-15(16-2)18-8-11-20-9-4-5-10-20/h4-5,9-10,12H,3,6-8,11H2,1-2H3,(H2,16,17,18). The molecular weight excluding hydrogens is 282 g/mol. The van der Waals surface area contributed by atoms with E-state index in [1.807, 2.05) is 18.3 Å². The van der Waals surface area contributed by atoms with Gasteiger partial charge >= 0.3 is 0 Å². The van der Waals surface area contributed by atoms with Gasteiger partial charge in [0.05, 0.1) is 5.01 Å². The maximum atomic E-state index is 4.42. The predicted octanol–water partition coefficient (Wildman–Crippen LogP) is 1.91. The lowest BCUT2D eigenvalue weighted by Gasteiger charge is -2.11. The maximum absolute atomic E-state index is 4.42. The lowest BCUT2D eigenvalue weighted by molar-refractivity contribution is 0.665. The van der Waals surface area contributed by atoms with E-state index in [9.17, 15) is 0 Å². The Kier molecular flexibility index (Phi) is 6.27. The fraction of sp³-hybridized carbons (Fsp3) is 0.467. The van der Waals surface area contributed by atoms with Crippen LogP contribution in [0.3, 0.4) is 0 Å². The van der Waals surface area contributed by atoms with E-state index in [1.165, 1.54) is 9.88 Å². The Morgan fingerprint density at radius 2 is 2.05 bits per heavy atom. The van der Waals surface area contributed by atoms with Crippen LogP contribution >= 0.6 is 11.3 Å². The highest BCUT2D eigenvalue weighted by atomic mass is 32.1. The van der Waals surface area contributed by atoms with Gasteiger partial charge in [-0.25, -0.2) is 4.98 Å². The number of thiazole rings is 1. The Bertz CT molecular complexity index is 544. The summed E-state index contributed by atoms with van der Waals surface area (Å²) in [5, 5.41) is 7.82. The van der Waals surface area contributed by atoms with Gasteiger partial charge in [-0.05, 0) is 18.6 Å². The second kappa shape index (κ2) is 8.46. The summed E-state index contributed by atoms with van der Waals surface area (Å²) in [6.45, 7) is 4.79. The molecular formula is C15H23N5S. The SMILES string of the molecule is CCc1cnc(CCNC(=NC)NCCn2cccc2)s1. The number of aryl methyl sites for hydroxylation is 1. The monoisotopic (exact) mass is 305 g/mol. The molecule has 0 radical (unpaired) electrons. The number of aromatic nitrogens is 2. The van der Waals surface area contributed by atoms with Crippen molar-refractivity contribution >= 4 is 17.3 Å². The van der Waals surface area contributed by atoms with Gasteiger partial charge in [-0.15, -0.1) is 11.3 Å². The Labute approximate surface area is 130 Å². The molecule has 5 nitrogen and oxygen atoms in total. The van der Waals surface area contributed by atoms with Crippen LogP contribution in [-0.4, -0.2) is 35.6 Å². The van der Waals surface area contributed by atoms with Gasteiger partial charge in [-0.1, -0.05) is 6.92 Å². The van der Waals surface area contributed by atoms with Crippen molar-refractivity contribution in [2.75, 3.05) is 20.1 Å². The molecule has 0 aliphatic rings. The number of aliphatic imine (C=N–C) groups is 1. The third kappa shape index (κ3) is 5.23. The van der Waals surface area contributed by atoms with Crippen molar-refractivity contribution in [2.24, 2.45) is 4.99 Å². The average molecular weight is 305 g/mol. The molecule has 0 aromatic carbocycles. The summed E-state index contributed by atoms with van der Waals surface area (Å²) in [6, 6.07) is 4.07. The van der Waals surface area contributed by atoms with Gasteiger partial charge in [0.2, 0.25) is 0 Å². The van der Waals surface area contributed by atoms with Crippen molar-refractivity contribution in [1.29, 1.82) is 0 Å². The highest BCUT2D eigenvalue weighted by molar-refractivity contribution is 7.11. The Morgan fingerprint density at radius 3 is 2.71 bits per heavy atom. The van der Waals surface area contributed by atoms with Crippen LogP contribution in [0.4, 0.5) is 0 Å². The molecule has 0 bridgehead atoms. The highest BCUT2D eigenvalue weighted by Crippen LogP contribution is 2.13. The molecule has 0 aliphatic carbocycles. The predicted molar refractivity (Wildman–Crippen MR) is 89.0 cm³/mol. The van der Waals surface area contributed by atoms with Gasteiger partial charge in [-0.3, -0.25) is 4.99 Å². The largest absolute Gasteiger partial charge is 0.356 e. The van der Waals surface area contributed by atoms with Crippen LogP contribution in [0.15, 0.2) is 35.7 Å². The number of nitrogens with one attached hydrogen (secondary N) is 2. The summed E-state index contributed by atoms with van der Waals surface area (Å²) in [4.78, 5) is 9.99. The third-order valence-electron chi connectivity index (χ3n) is 3.13. The van der Waals surface area contributed by atoms with E-state index in [-0.39, 0.29) is 0 Å². The number of hydrogen-bond donors (Lipinski definition) is 2. The number of nitrogens with zero attached hydrogens (tertiary/aromatic N) is 3. The van der Waals surface area contributed by atoms with Crippen LogP contribution in [0, 0.1) is 0 Å². The van der Waals surface area contributed by atoms with Gasteiger partial charge in [0.1, 0.15) is 0 Å². The molecule has 2 heterocycles. The van der Waals surface area contributed by atoms with Crippen LogP contribution < -0.4 is 10.6 Å². The Morgan fingerprint density at radius 1 is 1.29 bits per heavy atom. The second-order valence-electron chi connectivity index (χ2n) is 4.67. The molecule has 0 saturated heterocycles. The van der Waals surface area contributed by atoms with Gasteiger partial charge in [0.25, 0.3) is 0 Å². The molecule has 2 aromatic rings. The number of hydrogen-bond acceptors (Lipinski definition) is 3. The molecule has 6 heteroatoms. The van der Waals surface area contributed by atoms with E-state index >= 15 is 0 Å². The van der Waals surface area contributed by atoms with Crippen molar-refractivity contribution in [3.8, 4) is 0 Å². The van der Waals surface area contributed by atoms with Crippen molar-refractivity contribution in [1.82, 2.24) is 20.2 Å². The number of rotatable bonds is 7. The minimum atomic E-state index is 0.842. The number of guanidine groups is 1. The van der Waals surface area contributed by atoms with Crippen molar-refractivity contribution in [3.63, 3.8) is 0 Å². The van der Waals surface area contributed by atoms with E-state index in [0.29, 0.717) is 0 Å². The first-order valence-corrected chi connectivity index (χ1v) is 8.12. The van der Waals surface area contributed by atoms with E-state index < -0.39 is 0 Å².